The van der Waals surface area contributed by atoms with E-state index in [-0.39, 0.29) is 11.9 Å². The molecule has 1 heterocycles. The molecule has 1 amide bonds. The number of hydrogen-bond donors (Lipinski definition) is 1. The molecular formula is C11H17NO4. The van der Waals surface area contributed by atoms with E-state index in [1.165, 1.54) is 11.8 Å². The van der Waals surface area contributed by atoms with Crippen molar-refractivity contribution in [2.75, 3.05) is 6.61 Å². The Hall–Kier alpha value is -1.10. The van der Waals surface area contributed by atoms with Gasteiger partial charge in [-0.1, -0.05) is 0 Å². The average Bonchev–Trinajstić information content (AvgIpc) is 2.91. The van der Waals surface area contributed by atoms with Gasteiger partial charge in [0.2, 0.25) is 5.91 Å². The summed E-state index contributed by atoms with van der Waals surface area (Å²) in [5, 5.41) is 9.46. The third-order valence-corrected chi connectivity index (χ3v) is 3.58. The van der Waals surface area contributed by atoms with Gasteiger partial charge in [0.25, 0.3) is 0 Å². The lowest BCUT2D eigenvalue weighted by molar-refractivity contribution is -0.163. The highest BCUT2D eigenvalue weighted by Gasteiger charge is 2.57. The van der Waals surface area contributed by atoms with Crippen molar-refractivity contribution in [3.63, 3.8) is 0 Å². The molecule has 2 atom stereocenters. The smallest absolute Gasteiger partial charge is 0.332 e. The van der Waals surface area contributed by atoms with Crippen LogP contribution in [0.5, 0.6) is 0 Å². The fourth-order valence-corrected chi connectivity index (χ4v) is 2.63. The molecule has 2 fully saturated rings. The van der Waals surface area contributed by atoms with Crippen molar-refractivity contribution in [2.24, 2.45) is 0 Å². The van der Waals surface area contributed by atoms with Crippen LogP contribution in [-0.4, -0.2) is 46.2 Å². The molecule has 1 aliphatic carbocycles. The first-order chi connectivity index (χ1) is 7.50. The fraction of sp³-hybridized carbons (Fsp3) is 0.818. The number of carbonyl (C=O) groups excluding carboxylic acids is 1. The molecule has 5 heteroatoms. The van der Waals surface area contributed by atoms with Gasteiger partial charge in [-0.05, 0) is 19.8 Å². The van der Waals surface area contributed by atoms with Gasteiger partial charge in [0.1, 0.15) is 0 Å². The SMILES string of the molecule is CC(=O)N(C1CC1)C1(C(=O)O)CCOC1C. The van der Waals surface area contributed by atoms with Crippen LogP contribution >= 0.6 is 0 Å². The summed E-state index contributed by atoms with van der Waals surface area (Å²) in [5.41, 5.74) is -1.15. The van der Waals surface area contributed by atoms with Gasteiger partial charge in [-0.3, -0.25) is 4.79 Å². The highest BCUT2D eigenvalue weighted by molar-refractivity contribution is 5.87. The van der Waals surface area contributed by atoms with E-state index in [9.17, 15) is 14.7 Å². The average molecular weight is 227 g/mol. The molecule has 2 rings (SSSR count). The maximum absolute atomic E-state index is 11.7. The molecule has 0 bridgehead atoms. The normalized spacial score (nSPS) is 33.8. The molecule has 90 valence electrons. The molecule has 2 aliphatic rings. The van der Waals surface area contributed by atoms with Crippen LogP contribution in [0.3, 0.4) is 0 Å². The number of amides is 1. The number of nitrogens with zero attached hydrogens (tertiary/aromatic N) is 1. The molecule has 0 aromatic heterocycles. The Bertz CT molecular complexity index is 326. The van der Waals surface area contributed by atoms with Gasteiger partial charge < -0.3 is 14.7 Å². The molecule has 0 spiro atoms. The fourth-order valence-electron chi connectivity index (χ4n) is 2.63. The number of hydrogen-bond acceptors (Lipinski definition) is 3. The minimum Gasteiger partial charge on any atom is -0.479 e. The first-order valence-corrected chi connectivity index (χ1v) is 5.65. The summed E-state index contributed by atoms with van der Waals surface area (Å²) in [4.78, 5) is 24.7. The minimum absolute atomic E-state index is 0.0951. The number of rotatable bonds is 3. The highest BCUT2D eigenvalue weighted by atomic mass is 16.5. The Labute approximate surface area is 94.4 Å². The predicted octanol–water partition coefficient (Wildman–Crippen LogP) is 0.629. The topological polar surface area (TPSA) is 66.8 Å². The summed E-state index contributed by atoms with van der Waals surface area (Å²) in [6, 6.07) is 0.0951. The Morgan fingerprint density at radius 2 is 2.06 bits per heavy atom. The van der Waals surface area contributed by atoms with Gasteiger partial charge in [0.05, 0.1) is 6.10 Å². The van der Waals surface area contributed by atoms with Gasteiger partial charge >= 0.3 is 5.97 Å². The van der Waals surface area contributed by atoms with Crippen molar-refractivity contribution < 1.29 is 19.4 Å². The molecule has 1 saturated heterocycles. The maximum Gasteiger partial charge on any atom is 0.332 e. The predicted molar refractivity (Wildman–Crippen MR) is 55.9 cm³/mol. The van der Waals surface area contributed by atoms with Gasteiger partial charge in [-0.25, -0.2) is 4.79 Å². The molecular weight excluding hydrogens is 210 g/mol. The van der Waals surface area contributed by atoms with E-state index in [1.807, 2.05) is 0 Å². The van der Waals surface area contributed by atoms with Gasteiger partial charge in [0.15, 0.2) is 5.54 Å². The molecule has 0 radical (unpaired) electrons. The van der Waals surface area contributed by atoms with Gasteiger partial charge in [0, 0.05) is 26.0 Å². The van der Waals surface area contributed by atoms with Crippen molar-refractivity contribution in [1.82, 2.24) is 4.90 Å². The molecule has 5 nitrogen and oxygen atoms in total. The van der Waals surface area contributed by atoms with Crippen LogP contribution in [0.15, 0.2) is 0 Å². The zero-order chi connectivity index (χ0) is 11.9. The number of carboxylic acid groups (broad SMARTS) is 1. The van der Waals surface area contributed by atoms with E-state index in [0.717, 1.165) is 12.8 Å². The van der Waals surface area contributed by atoms with E-state index in [0.29, 0.717) is 13.0 Å². The molecule has 1 N–H and O–H groups in total. The van der Waals surface area contributed by atoms with Crippen molar-refractivity contribution in [3.8, 4) is 0 Å². The molecule has 16 heavy (non-hydrogen) atoms. The van der Waals surface area contributed by atoms with E-state index in [2.05, 4.69) is 0 Å². The Balaban J connectivity index is 2.36. The van der Waals surface area contributed by atoms with Crippen molar-refractivity contribution in [1.29, 1.82) is 0 Å². The molecule has 1 saturated carbocycles. The Morgan fingerprint density at radius 3 is 2.38 bits per heavy atom. The Kier molecular flexibility index (Phi) is 2.66. The second-order valence-corrected chi connectivity index (χ2v) is 4.61. The minimum atomic E-state index is -1.15. The van der Waals surface area contributed by atoms with E-state index in [4.69, 9.17) is 4.74 Å². The highest BCUT2D eigenvalue weighted by Crippen LogP contribution is 2.40. The quantitative estimate of drug-likeness (QED) is 0.768. The van der Waals surface area contributed by atoms with Gasteiger partial charge in [-0.15, -0.1) is 0 Å². The number of carbonyl (C=O) groups is 2. The molecule has 1 aliphatic heterocycles. The monoisotopic (exact) mass is 227 g/mol. The first kappa shape index (κ1) is 11.4. The summed E-state index contributed by atoms with van der Waals surface area (Å²) in [6.07, 6.45) is 1.76. The Morgan fingerprint density at radius 1 is 1.44 bits per heavy atom. The van der Waals surface area contributed by atoms with E-state index >= 15 is 0 Å². The number of ether oxygens (including phenoxy) is 1. The number of aliphatic carboxylic acids is 1. The molecule has 0 aromatic rings. The zero-order valence-electron chi connectivity index (χ0n) is 9.60. The van der Waals surface area contributed by atoms with Gasteiger partial charge in [-0.2, -0.15) is 0 Å². The van der Waals surface area contributed by atoms with Crippen molar-refractivity contribution in [3.05, 3.63) is 0 Å². The van der Waals surface area contributed by atoms with Crippen LogP contribution in [0.4, 0.5) is 0 Å². The van der Waals surface area contributed by atoms with Crippen LogP contribution in [0.1, 0.15) is 33.1 Å². The van der Waals surface area contributed by atoms with E-state index < -0.39 is 17.6 Å². The van der Waals surface area contributed by atoms with E-state index in [1.54, 1.807) is 6.92 Å². The van der Waals surface area contributed by atoms with Crippen LogP contribution in [0.25, 0.3) is 0 Å². The lowest BCUT2D eigenvalue weighted by Crippen LogP contribution is -2.61. The van der Waals surface area contributed by atoms with Crippen molar-refractivity contribution >= 4 is 11.9 Å². The number of carboxylic acids is 1. The van der Waals surface area contributed by atoms with Crippen LogP contribution in [0, 0.1) is 0 Å². The summed E-state index contributed by atoms with van der Waals surface area (Å²) < 4.78 is 5.36. The third-order valence-electron chi connectivity index (χ3n) is 3.58. The second-order valence-electron chi connectivity index (χ2n) is 4.61. The zero-order valence-corrected chi connectivity index (χ0v) is 9.60. The standard InChI is InChI=1S/C11H17NO4/c1-7-11(10(14)15,5-6-16-7)12(8(2)13)9-3-4-9/h7,9H,3-6H2,1-2H3,(H,14,15). The van der Waals surface area contributed by atoms with Crippen LogP contribution in [-0.2, 0) is 14.3 Å². The summed E-state index contributed by atoms with van der Waals surface area (Å²) >= 11 is 0. The largest absolute Gasteiger partial charge is 0.479 e. The lowest BCUT2D eigenvalue weighted by Gasteiger charge is -2.39. The summed E-state index contributed by atoms with van der Waals surface area (Å²) in [5.74, 6) is -1.11. The maximum atomic E-state index is 11.7. The third kappa shape index (κ3) is 1.50. The second kappa shape index (κ2) is 3.73. The molecule has 2 unspecified atom stereocenters. The van der Waals surface area contributed by atoms with Crippen molar-refractivity contribution in [2.45, 2.75) is 50.8 Å². The molecule has 0 aromatic carbocycles. The summed E-state index contributed by atoms with van der Waals surface area (Å²) in [6.45, 7) is 3.58. The lowest BCUT2D eigenvalue weighted by atomic mass is 9.89. The van der Waals surface area contributed by atoms with Crippen LogP contribution in [0.2, 0.25) is 0 Å². The van der Waals surface area contributed by atoms with Crippen LogP contribution < -0.4 is 0 Å². The first-order valence-electron chi connectivity index (χ1n) is 5.65. The summed E-state index contributed by atoms with van der Waals surface area (Å²) in [7, 11) is 0.